The molecular weight excluding hydrogens is 306 g/mol. The molecule has 1 aliphatic heterocycles. The highest BCUT2D eigenvalue weighted by atomic mass is 32.2. The Labute approximate surface area is 132 Å². The van der Waals surface area contributed by atoms with Crippen LogP contribution in [0.15, 0.2) is 29.3 Å². The molecule has 2 rings (SSSR count). The maximum Gasteiger partial charge on any atom is 0.237 e. The van der Waals surface area contributed by atoms with Gasteiger partial charge in [0.1, 0.15) is 4.38 Å². The van der Waals surface area contributed by atoms with Crippen LogP contribution in [-0.4, -0.2) is 33.7 Å². The number of nitrogens with zero attached hydrogens (tertiary/aromatic N) is 1. The number of benzene rings is 1. The summed E-state index contributed by atoms with van der Waals surface area (Å²) in [6.45, 7) is 4.16. The maximum atomic E-state index is 12.1. The number of carbonyl (C=O) groups excluding carboxylic acids is 2. The summed E-state index contributed by atoms with van der Waals surface area (Å²) in [4.78, 5) is 27.4. The molecular formula is C14H17N3O2S2. The summed E-state index contributed by atoms with van der Waals surface area (Å²) in [5, 5.41) is 5.35. The first-order chi connectivity index (χ1) is 10.0. The van der Waals surface area contributed by atoms with E-state index in [0.717, 1.165) is 16.7 Å². The van der Waals surface area contributed by atoms with Gasteiger partial charge in [0.25, 0.3) is 0 Å². The fourth-order valence-electron chi connectivity index (χ4n) is 1.68. The highest BCUT2D eigenvalue weighted by Crippen LogP contribution is 2.26. The van der Waals surface area contributed by atoms with Gasteiger partial charge in [0.2, 0.25) is 11.8 Å². The van der Waals surface area contributed by atoms with Crippen LogP contribution in [0.2, 0.25) is 0 Å². The van der Waals surface area contributed by atoms with Crippen LogP contribution in [0.1, 0.15) is 13.8 Å². The summed E-state index contributed by atoms with van der Waals surface area (Å²) in [5.41, 5.74) is 1.42. The molecule has 0 radical (unpaired) electrons. The lowest BCUT2D eigenvalue weighted by atomic mass is 10.2. The minimum Gasteiger partial charge on any atom is -0.326 e. The molecule has 0 aliphatic carbocycles. The molecule has 1 heterocycles. The number of hydrogen-bond donors (Lipinski definition) is 2. The van der Waals surface area contributed by atoms with Crippen LogP contribution in [0, 0.1) is 0 Å². The van der Waals surface area contributed by atoms with E-state index in [9.17, 15) is 9.59 Å². The zero-order valence-electron chi connectivity index (χ0n) is 11.9. The largest absolute Gasteiger partial charge is 0.326 e. The predicted octanol–water partition coefficient (Wildman–Crippen LogP) is 2.81. The highest BCUT2D eigenvalue weighted by molar-refractivity contribution is 8.39. The molecule has 0 fully saturated rings. The first-order valence-corrected chi connectivity index (χ1v) is 8.43. The number of hydrogen-bond acceptors (Lipinski definition) is 5. The van der Waals surface area contributed by atoms with Gasteiger partial charge in [0.05, 0.1) is 11.8 Å². The molecule has 1 aliphatic rings. The summed E-state index contributed by atoms with van der Waals surface area (Å²) in [6, 6.07) is 7.04. The topological polar surface area (TPSA) is 70.6 Å². The van der Waals surface area contributed by atoms with Crippen LogP contribution in [-0.2, 0) is 9.59 Å². The molecule has 1 atom stereocenters. The second kappa shape index (κ2) is 7.51. The van der Waals surface area contributed by atoms with E-state index in [1.165, 1.54) is 18.7 Å². The number of amides is 2. The van der Waals surface area contributed by atoms with Crippen molar-refractivity contribution in [2.24, 2.45) is 4.99 Å². The monoisotopic (exact) mass is 323 g/mol. The average Bonchev–Trinajstić information content (AvgIpc) is 2.93. The Kier molecular flexibility index (Phi) is 5.69. The molecule has 21 heavy (non-hydrogen) atoms. The van der Waals surface area contributed by atoms with Gasteiger partial charge < -0.3 is 10.6 Å². The molecule has 1 aromatic carbocycles. The molecule has 1 aromatic rings. The zero-order valence-corrected chi connectivity index (χ0v) is 13.5. The summed E-state index contributed by atoms with van der Waals surface area (Å²) in [5.74, 6) is 0.829. The van der Waals surface area contributed by atoms with Gasteiger partial charge in [-0.2, -0.15) is 0 Å². The average molecular weight is 323 g/mol. The fraction of sp³-hybridized carbons (Fsp3) is 0.357. The van der Waals surface area contributed by atoms with Crippen molar-refractivity contribution in [1.29, 1.82) is 0 Å². The first kappa shape index (κ1) is 15.9. The molecule has 0 spiro atoms. The number of nitrogens with one attached hydrogen (secondary N) is 2. The molecule has 112 valence electrons. The van der Waals surface area contributed by atoms with Crippen molar-refractivity contribution in [2.75, 3.05) is 22.9 Å². The SMILES string of the molecule is CC(=O)Nc1ccc(NC(=O)[C@@H](C)SC2=NCCS2)cc1. The standard InChI is InChI=1S/C14H17N3O2S2/c1-9(21-14-15-7-8-20-14)13(19)17-12-5-3-11(4-6-12)16-10(2)18/h3-6,9H,7-8H2,1-2H3,(H,16,18)(H,17,19)/t9-/m1/s1. The molecule has 2 N–H and O–H groups in total. The van der Waals surface area contributed by atoms with Crippen LogP contribution in [0.4, 0.5) is 11.4 Å². The molecule has 0 unspecified atom stereocenters. The third-order valence-electron chi connectivity index (χ3n) is 2.68. The molecule has 5 nitrogen and oxygen atoms in total. The Morgan fingerprint density at radius 1 is 1.24 bits per heavy atom. The van der Waals surface area contributed by atoms with Gasteiger partial charge in [0.15, 0.2) is 0 Å². The Balaban J connectivity index is 1.87. The summed E-state index contributed by atoms with van der Waals surface area (Å²) in [6.07, 6.45) is 0. The summed E-state index contributed by atoms with van der Waals surface area (Å²) < 4.78 is 0.985. The Hall–Kier alpha value is -1.47. The van der Waals surface area contributed by atoms with Crippen molar-refractivity contribution >= 4 is 51.1 Å². The van der Waals surface area contributed by atoms with Crippen LogP contribution in [0.3, 0.4) is 0 Å². The van der Waals surface area contributed by atoms with Gasteiger partial charge >= 0.3 is 0 Å². The van der Waals surface area contributed by atoms with E-state index in [2.05, 4.69) is 15.6 Å². The lowest BCUT2D eigenvalue weighted by Gasteiger charge is -2.12. The quantitative estimate of drug-likeness (QED) is 0.894. The number of anilines is 2. The lowest BCUT2D eigenvalue weighted by Crippen LogP contribution is -2.23. The van der Waals surface area contributed by atoms with Gasteiger partial charge in [-0.3, -0.25) is 14.6 Å². The number of rotatable bonds is 4. The fourth-order valence-corrected chi connectivity index (χ4v) is 3.80. The van der Waals surface area contributed by atoms with Crippen molar-refractivity contribution < 1.29 is 9.59 Å². The normalized spacial score (nSPS) is 15.2. The van der Waals surface area contributed by atoms with E-state index in [1.807, 2.05) is 6.92 Å². The van der Waals surface area contributed by atoms with E-state index in [0.29, 0.717) is 11.4 Å². The van der Waals surface area contributed by atoms with Crippen molar-refractivity contribution in [3.05, 3.63) is 24.3 Å². The van der Waals surface area contributed by atoms with Crippen LogP contribution in [0.25, 0.3) is 0 Å². The minimum atomic E-state index is -0.190. The van der Waals surface area contributed by atoms with E-state index in [1.54, 1.807) is 36.0 Å². The van der Waals surface area contributed by atoms with Crippen LogP contribution in [0.5, 0.6) is 0 Å². The third kappa shape index (κ3) is 5.09. The number of carbonyl (C=O) groups is 2. The molecule has 0 bridgehead atoms. The van der Waals surface area contributed by atoms with Crippen molar-refractivity contribution in [2.45, 2.75) is 19.1 Å². The summed E-state index contributed by atoms with van der Waals surface area (Å²) >= 11 is 3.18. The number of aliphatic imine (C=N–C) groups is 1. The van der Waals surface area contributed by atoms with Crippen LogP contribution >= 0.6 is 23.5 Å². The second-order valence-corrected chi connectivity index (χ2v) is 7.18. The zero-order chi connectivity index (χ0) is 15.2. The Bertz CT molecular complexity index is 558. The maximum absolute atomic E-state index is 12.1. The van der Waals surface area contributed by atoms with Gasteiger partial charge in [-0.15, -0.1) is 0 Å². The molecule has 0 aromatic heterocycles. The van der Waals surface area contributed by atoms with Crippen molar-refractivity contribution in [3.8, 4) is 0 Å². The smallest absolute Gasteiger partial charge is 0.237 e. The van der Waals surface area contributed by atoms with E-state index in [4.69, 9.17) is 0 Å². The van der Waals surface area contributed by atoms with Gasteiger partial charge in [0, 0.05) is 24.1 Å². The molecule has 7 heteroatoms. The van der Waals surface area contributed by atoms with Gasteiger partial charge in [-0.05, 0) is 31.2 Å². The molecule has 0 saturated carbocycles. The van der Waals surface area contributed by atoms with Gasteiger partial charge in [-0.25, -0.2) is 0 Å². The van der Waals surface area contributed by atoms with Crippen molar-refractivity contribution in [1.82, 2.24) is 0 Å². The van der Waals surface area contributed by atoms with E-state index < -0.39 is 0 Å². The first-order valence-electron chi connectivity index (χ1n) is 6.57. The van der Waals surface area contributed by atoms with Crippen LogP contribution < -0.4 is 10.6 Å². The minimum absolute atomic E-state index is 0.0533. The second-order valence-electron chi connectivity index (χ2n) is 4.50. The third-order valence-corrected chi connectivity index (χ3v) is 4.98. The molecule has 2 amide bonds. The molecule has 0 saturated heterocycles. The van der Waals surface area contributed by atoms with E-state index >= 15 is 0 Å². The highest BCUT2D eigenvalue weighted by Gasteiger charge is 2.18. The van der Waals surface area contributed by atoms with E-state index in [-0.39, 0.29) is 17.1 Å². The lowest BCUT2D eigenvalue weighted by molar-refractivity contribution is -0.115. The van der Waals surface area contributed by atoms with Gasteiger partial charge in [-0.1, -0.05) is 23.5 Å². The Morgan fingerprint density at radius 2 is 1.86 bits per heavy atom. The number of thioether (sulfide) groups is 2. The van der Waals surface area contributed by atoms with Crippen molar-refractivity contribution in [3.63, 3.8) is 0 Å². The summed E-state index contributed by atoms with van der Waals surface area (Å²) in [7, 11) is 0. The Morgan fingerprint density at radius 3 is 2.38 bits per heavy atom. The predicted molar refractivity (Wildman–Crippen MR) is 91.2 cm³/mol.